The normalized spacial score (nSPS) is 19.0. The Hall–Kier alpha value is -1.96. The molecule has 0 radical (unpaired) electrons. The van der Waals surface area contributed by atoms with Gasteiger partial charge < -0.3 is 24.8 Å². The van der Waals surface area contributed by atoms with Gasteiger partial charge in [-0.25, -0.2) is 0 Å². The van der Waals surface area contributed by atoms with E-state index in [1.807, 2.05) is 0 Å². The van der Waals surface area contributed by atoms with Crippen LogP contribution < -0.4 is 24.8 Å². The average Bonchev–Trinajstić information content (AvgIpc) is 3.35. The smallest absolute Gasteiger partial charge is 1.00 e. The molecule has 4 bridgehead atoms. The summed E-state index contributed by atoms with van der Waals surface area (Å²) in [7, 11) is -2.07. The zero-order valence-electron chi connectivity index (χ0n) is 25.8. The van der Waals surface area contributed by atoms with E-state index in [-0.39, 0.29) is 24.8 Å². The molecule has 2 atom stereocenters. The molecule has 4 aromatic carbocycles. The Bertz CT molecular complexity index is 1660. The molecule has 0 aromatic heterocycles. The topological polar surface area (TPSA) is 0 Å². The second-order valence-electron chi connectivity index (χ2n) is 13.1. The number of rotatable bonds is 2. The first-order valence-electron chi connectivity index (χ1n) is 14.7. The molecule has 0 fully saturated rings. The molecule has 3 aliphatic rings. The second-order valence-corrected chi connectivity index (χ2v) is 21.0. The number of fused-ring (bicyclic) bond motifs is 8. The molecule has 0 amide bonds. The van der Waals surface area contributed by atoms with Crippen LogP contribution >= 0.6 is 0 Å². The van der Waals surface area contributed by atoms with Gasteiger partial charge >= 0.3 is 254 Å². The maximum Gasteiger partial charge on any atom is -1.00 e. The van der Waals surface area contributed by atoms with Gasteiger partial charge in [-0.05, 0) is 0 Å². The van der Waals surface area contributed by atoms with Gasteiger partial charge in [-0.15, -0.1) is 0 Å². The third-order valence-electron chi connectivity index (χ3n) is 9.62. The van der Waals surface area contributed by atoms with Crippen LogP contribution in [-0.4, -0.2) is 8.07 Å². The van der Waals surface area contributed by atoms with Crippen molar-refractivity contribution in [1.29, 1.82) is 0 Å². The average molecular weight is 685 g/mol. The van der Waals surface area contributed by atoms with Crippen LogP contribution in [0.1, 0.15) is 65.6 Å². The number of hydrogen-bond donors (Lipinski definition) is 0. The van der Waals surface area contributed by atoms with Gasteiger partial charge in [-0.3, -0.25) is 0 Å². The predicted octanol–water partition coefficient (Wildman–Crippen LogP) is 4.50. The minimum atomic E-state index is -2.07. The molecular weight excluding hydrogens is 647 g/mol. The van der Waals surface area contributed by atoms with Gasteiger partial charge in [-0.2, -0.15) is 0 Å². The van der Waals surface area contributed by atoms with Crippen LogP contribution in [0.3, 0.4) is 0 Å². The molecule has 0 N–H and O–H groups in total. The molecule has 212 valence electrons. The Morgan fingerprint density at radius 2 is 0.881 bits per heavy atom. The van der Waals surface area contributed by atoms with E-state index in [0.29, 0.717) is 7.25 Å². The Labute approximate surface area is 277 Å². The van der Waals surface area contributed by atoms with Crippen molar-refractivity contribution in [1.82, 2.24) is 0 Å². The van der Waals surface area contributed by atoms with Crippen molar-refractivity contribution in [3.05, 3.63) is 128 Å². The molecule has 0 nitrogen and oxygen atoms in total. The van der Waals surface area contributed by atoms with Crippen LogP contribution in [0.5, 0.6) is 0 Å². The van der Waals surface area contributed by atoms with Gasteiger partial charge in [-0.1, -0.05) is 0 Å². The quantitative estimate of drug-likeness (QED) is 0.273. The van der Waals surface area contributed by atoms with Crippen LogP contribution in [0.4, 0.5) is 0 Å². The first-order valence-corrected chi connectivity index (χ1v) is 20.5. The summed E-state index contributed by atoms with van der Waals surface area (Å²) < 4.78 is 1.31. The molecule has 7 rings (SSSR count). The van der Waals surface area contributed by atoms with Crippen molar-refractivity contribution < 1.29 is 48.0 Å². The first-order chi connectivity index (χ1) is 19.1. The Morgan fingerprint density at radius 1 is 0.524 bits per heavy atom. The minimum absolute atomic E-state index is 0. The summed E-state index contributed by atoms with van der Waals surface area (Å²) in [6.45, 7) is 19.3. The molecule has 1 aliphatic heterocycles. The number of aryl methyl sites for hydroxylation is 4. The fourth-order valence-corrected chi connectivity index (χ4v) is 18.3. The zero-order valence-corrected chi connectivity index (χ0v) is 30.8. The summed E-state index contributed by atoms with van der Waals surface area (Å²) in [5, 5.41) is 3.47. The Kier molecular flexibility index (Phi) is 8.39. The van der Waals surface area contributed by atoms with Gasteiger partial charge in [0.05, 0.1) is 0 Å². The van der Waals surface area contributed by atoms with Crippen molar-refractivity contribution in [2.45, 2.75) is 61.9 Å². The molecular formula is C38H38Cl2SiZr. The van der Waals surface area contributed by atoms with E-state index in [1.165, 1.54) is 44.5 Å². The number of benzene rings is 4. The van der Waals surface area contributed by atoms with E-state index < -0.39 is 31.3 Å². The van der Waals surface area contributed by atoms with Gasteiger partial charge in [0, 0.05) is 0 Å². The van der Waals surface area contributed by atoms with E-state index in [2.05, 4.69) is 127 Å². The van der Waals surface area contributed by atoms with Crippen LogP contribution in [-0.2, 0) is 23.2 Å². The summed E-state index contributed by atoms with van der Waals surface area (Å²) in [6, 6.07) is 28.7. The fourth-order valence-electron chi connectivity index (χ4n) is 8.40. The number of allylic oxidation sites excluding steroid dienone is 2. The summed E-state index contributed by atoms with van der Waals surface area (Å²) in [5.41, 5.74) is 21.0. The molecule has 4 heteroatoms. The van der Waals surface area contributed by atoms with Crippen molar-refractivity contribution in [3.63, 3.8) is 0 Å². The van der Waals surface area contributed by atoms with Gasteiger partial charge in [0.15, 0.2) is 0 Å². The van der Waals surface area contributed by atoms with E-state index in [9.17, 15) is 0 Å². The predicted molar refractivity (Wildman–Crippen MR) is 171 cm³/mol. The largest absolute Gasteiger partial charge is 1.00 e. The van der Waals surface area contributed by atoms with Gasteiger partial charge in [0.2, 0.25) is 0 Å². The number of halogens is 2. The van der Waals surface area contributed by atoms with E-state index in [0.717, 1.165) is 0 Å². The van der Waals surface area contributed by atoms with Crippen LogP contribution in [0.15, 0.2) is 83.9 Å². The van der Waals surface area contributed by atoms with Gasteiger partial charge in [0.25, 0.3) is 0 Å². The molecule has 42 heavy (non-hydrogen) atoms. The van der Waals surface area contributed by atoms with Crippen LogP contribution in [0, 0.1) is 27.7 Å². The maximum atomic E-state index is 2.66. The van der Waals surface area contributed by atoms with Crippen LogP contribution in [0.25, 0.3) is 32.6 Å². The van der Waals surface area contributed by atoms with Crippen molar-refractivity contribution in [2.24, 2.45) is 0 Å². The molecule has 2 unspecified atom stereocenters. The van der Waals surface area contributed by atoms with E-state index in [4.69, 9.17) is 0 Å². The van der Waals surface area contributed by atoms with Gasteiger partial charge in [0.1, 0.15) is 0 Å². The molecule has 2 aliphatic carbocycles. The van der Waals surface area contributed by atoms with Crippen molar-refractivity contribution in [3.8, 4) is 22.3 Å². The molecule has 4 aromatic rings. The van der Waals surface area contributed by atoms with Crippen molar-refractivity contribution >= 4 is 18.5 Å². The molecule has 0 saturated carbocycles. The molecule has 1 heterocycles. The third-order valence-corrected chi connectivity index (χ3v) is 18.7. The summed E-state index contributed by atoms with van der Waals surface area (Å²) in [6.07, 6.45) is 0. The molecule has 0 saturated heterocycles. The second kappa shape index (κ2) is 11.2. The standard InChI is InChI=1S/C38H38Si.2ClH.Zr/c1-23-15-24(2)18-31(17-23)33-13-9-11-29-21-27(5)37(35(29)33)39(7,8)38-28(6)22-30-12-10-14-34(36(30)38)32-19-25(3)16-26(4)20-32;;;/h9-22H,1-8H3;2*1H;/q;;;+2/p-2. The summed E-state index contributed by atoms with van der Waals surface area (Å²) in [5.74, 6) is 0. The Morgan fingerprint density at radius 3 is 1.24 bits per heavy atom. The first kappa shape index (κ1) is 31.5. The van der Waals surface area contributed by atoms with Crippen molar-refractivity contribution in [2.75, 3.05) is 0 Å². The minimum Gasteiger partial charge on any atom is -1.00 e. The zero-order chi connectivity index (χ0) is 28.1. The van der Waals surface area contributed by atoms with E-state index >= 15 is 0 Å². The Balaban J connectivity index is 0.00000176. The fraction of sp³-hybridized carbons (Fsp3) is 0.263. The number of hydrogen-bond acceptors (Lipinski definition) is 0. The van der Waals surface area contributed by atoms with Crippen LogP contribution in [0.2, 0.25) is 13.1 Å². The molecule has 0 spiro atoms. The van der Waals surface area contributed by atoms with E-state index in [1.54, 1.807) is 43.8 Å². The summed E-state index contributed by atoms with van der Waals surface area (Å²) in [4.78, 5) is 0. The SMILES string of the molecule is CC1=C2c3c(-c4cc(C)cc(C)c4)cccc3[CH]1[Zr+2][CH]1C(C)=C(c3c(-c4cc(C)cc(C)c4)cccc31)[Si]2(C)C.[Cl-].[Cl-]. The summed E-state index contributed by atoms with van der Waals surface area (Å²) >= 11 is -0.892. The monoisotopic (exact) mass is 682 g/mol. The maximum absolute atomic E-state index is 2.66. The third kappa shape index (κ3) is 4.64.